The van der Waals surface area contributed by atoms with E-state index in [1.807, 2.05) is 0 Å². The van der Waals surface area contributed by atoms with E-state index < -0.39 is 34.6 Å². The van der Waals surface area contributed by atoms with Gasteiger partial charge in [-0.05, 0) is 41.1 Å². The Balaban J connectivity index is 2.43. The molecule has 13 heteroatoms. The molecular weight excluding hydrogens is 449 g/mol. The minimum Gasteiger partial charge on any atom is -0.456 e. The van der Waals surface area contributed by atoms with E-state index in [0.717, 1.165) is 32.2 Å². The van der Waals surface area contributed by atoms with Crippen LogP contribution in [-0.2, 0) is 20.4 Å². The first-order valence-electron chi connectivity index (χ1n) is 8.31. The molecule has 2 rings (SSSR count). The molecule has 0 radical (unpaired) electrons. The molecule has 0 heterocycles. The Hall–Kier alpha value is -3.25. The summed E-state index contributed by atoms with van der Waals surface area (Å²) in [5.41, 5.74) is -1.11. The van der Waals surface area contributed by atoms with Gasteiger partial charge in [-0.1, -0.05) is 23.7 Å². The molecule has 0 saturated heterocycles. The van der Waals surface area contributed by atoms with Gasteiger partial charge in [0.25, 0.3) is 6.04 Å². The van der Waals surface area contributed by atoms with Gasteiger partial charge in [-0.15, -0.1) is 4.91 Å². The summed E-state index contributed by atoms with van der Waals surface area (Å²) in [5, 5.41) is 13.9. The number of carbonyl (C=O) groups excluding carboxylic acids is 1. The highest BCUT2D eigenvalue weighted by Crippen LogP contribution is 2.39. The van der Waals surface area contributed by atoms with Crippen LogP contribution in [0.4, 0.5) is 13.2 Å². The van der Waals surface area contributed by atoms with Crippen LogP contribution in [0.5, 0.6) is 11.5 Å². The molecule has 0 amide bonds. The van der Waals surface area contributed by atoms with E-state index in [0.29, 0.717) is 6.07 Å². The van der Waals surface area contributed by atoms with Crippen LogP contribution < -0.4 is 4.74 Å². The lowest BCUT2D eigenvalue weighted by Crippen LogP contribution is -2.49. The second-order valence-electron chi connectivity index (χ2n) is 6.01. The van der Waals surface area contributed by atoms with Crippen LogP contribution in [0.25, 0.3) is 0 Å². The van der Waals surface area contributed by atoms with Crippen LogP contribution in [-0.4, -0.2) is 23.9 Å². The van der Waals surface area contributed by atoms with E-state index >= 15 is 0 Å². The molecule has 0 spiro atoms. The fourth-order valence-electron chi connectivity index (χ4n) is 2.60. The first-order chi connectivity index (χ1) is 14.4. The number of halogens is 4. The normalized spacial score (nSPS) is 14.3. The molecule has 0 saturated carbocycles. The number of nitrogens with zero attached hydrogens (tertiary/aromatic N) is 2. The smallest absolute Gasteiger partial charge is 0.456 e. The zero-order valence-electron chi connectivity index (χ0n) is 15.9. The molecule has 31 heavy (non-hydrogen) atoms. The maximum absolute atomic E-state index is 12.8. The zero-order valence-corrected chi connectivity index (χ0v) is 16.6. The highest BCUT2D eigenvalue weighted by Gasteiger charge is 2.58. The molecule has 2 unspecified atom stereocenters. The quantitative estimate of drug-likeness (QED) is 0.176. The molecule has 2 aromatic rings. The number of hydrogen-bond donors (Lipinski definition) is 0. The van der Waals surface area contributed by atoms with Gasteiger partial charge in [0.1, 0.15) is 16.4 Å². The number of benzene rings is 2. The van der Waals surface area contributed by atoms with Gasteiger partial charge < -0.3 is 9.47 Å². The second kappa shape index (κ2) is 9.27. The second-order valence-corrected chi connectivity index (χ2v) is 6.42. The van der Waals surface area contributed by atoms with Crippen LogP contribution in [0.2, 0.25) is 5.02 Å². The third kappa shape index (κ3) is 5.27. The van der Waals surface area contributed by atoms with Gasteiger partial charge in [0.2, 0.25) is 0 Å². The summed E-state index contributed by atoms with van der Waals surface area (Å²) in [6, 6.07) is 5.55. The van der Waals surface area contributed by atoms with Crippen molar-refractivity contribution in [3.8, 4) is 11.5 Å². The summed E-state index contributed by atoms with van der Waals surface area (Å²) in [4.78, 5) is 33.2. The van der Waals surface area contributed by atoms with E-state index in [2.05, 4.69) is 9.91 Å². The predicted molar refractivity (Wildman–Crippen MR) is 100 cm³/mol. The molecule has 166 valence electrons. The topological polar surface area (TPSA) is 117 Å². The van der Waals surface area contributed by atoms with Crippen LogP contribution >= 0.6 is 11.6 Å². The number of nitroso groups, excluding NO2 is 1. The largest absolute Gasteiger partial charge is 0.516 e. The van der Waals surface area contributed by atoms with Gasteiger partial charge in [-0.3, -0.25) is 19.6 Å². The van der Waals surface area contributed by atoms with Crippen LogP contribution in [0, 0.1) is 15.0 Å². The number of methoxy groups -OCH3 is 1. The number of hydrogen-bond acceptors (Lipinski definition) is 8. The highest BCUT2D eigenvalue weighted by atomic mass is 35.5. The lowest BCUT2D eigenvalue weighted by molar-refractivity contribution is -0.687. The summed E-state index contributed by atoms with van der Waals surface area (Å²) < 4.78 is 53.1. The van der Waals surface area contributed by atoms with E-state index in [1.54, 1.807) is 0 Å². The third-order valence-electron chi connectivity index (χ3n) is 3.95. The fraction of sp³-hybridized carbons (Fsp3) is 0.278. The molecule has 0 aliphatic carbocycles. The minimum atomic E-state index is -4.60. The van der Waals surface area contributed by atoms with Gasteiger partial charge >= 0.3 is 18.1 Å². The Morgan fingerprint density at radius 2 is 1.90 bits per heavy atom. The number of rotatable bonds is 8. The Morgan fingerprint density at radius 3 is 2.39 bits per heavy atom. The number of alkyl halides is 3. The molecule has 0 aliphatic rings. The Kier molecular flexibility index (Phi) is 7.18. The first kappa shape index (κ1) is 24.0. The van der Waals surface area contributed by atoms with Gasteiger partial charge in [-0.25, -0.2) is 0 Å². The molecule has 0 aliphatic heterocycles. The van der Waals surface area contributed by atoms with Crippen molar-refractivity contribution in [3.05, 3.63) is 73.6 Å². The van der Waals surface area contributed by atoms with Crippen molar-refractivity contribution in [2.45, 2.75) is 25.1 Å². The van der Waals surface area contributed by atoms with Crippen LogP contribution in [0.1, 0.15) is 24.1 Å². The molecule has 2 aromatic carbocycles. The zero-order chi connectivity index (χ0) is 23.4. The summed E-state index contributed by atoms with van der Waals surface area (Å²) in [7, 11) is 0.853. The maximum Gasteiger partial charge on any atom is 0.516 e. The average Bonchev–Trinajstić information content (AvgIpc) is 2.68. The van der Waals surface area contributed by atoms with Gasteiger partial charge in [0.05, 0.1) is 10.6 Å². The van der Waals surface area contributed by atoms with E-state index in [4.69, 9.17) is 21.1 Å². The molecular formula is C18H14ClF3N2O7. The average molecular weight is 463 g/mol. The summed E-state index contributed by atoms with van der Waals surface area (Å²) >= 11 is 5.85. The molecule has 0 fully saturated rings. The number of nitro groups is 1. The molecule has 0 N–H and O–H groups in total. The number of carbonyl (C=O) groups is 1. The fourth-order valence-corrected chi connectivity index (χ4v) is 2.82. The van der Waals surface area contributed by atoms with Gasteiger partial charge in [-0.2, -0.15) is 13.2 Å². The van der Waals surface area contributed by atoms with E-state index in [1.165, 1.54) is 18.2 Å². The summed E-state index contributed by atoms with van der Waals surface area (Å²) in [6.07, 6.45) is -4.60. The minimum absolute atomic E-state index is 0.0380. The Morgan fingerprint density at radius 1 is 1.23 bits per heavy atom. The number of ether oxygens (including phenoxy) is 3. The molecule has 9 nitrogen and oxygen atoms in total. The van der Waals surface area contributed by atoms with E-state index in [9.17, 15) is 33.0 Å². The van der Waals surface area contributed by atoms with Crippen LogP contribution in [0.3, 0.4) is 0 Å². The highest BCUT2D eigenvalue weighted by molar-refractivity contribution is 6.32. The lowest BCUT2D eigenvalue weighted by Gasteiger charge is -2.25. The van der Waals surface area contributed by atoms with Crippen molar-refractivity contribution in [3.63, 3.8) is 0 Å². The Bertz CT molecular complexity index is 1000. The third-order valence-corrected chi connectivity index (χ3v) is 4.24. The van der Waals surface area contributed by atoms with E-state index in [-0.39, 0.29) is 22.1 Å². The molecule has 0 aromatic heterocycles. The van der Waals surface area contributed by atoms with Crippen molar-refractivity contribution in [2.24, 2.45) is 5.18 Å². The number of esters is 1. The first-order valence-corrected chi connectivity index (χ1v) is 8.68. The van der Waals surface area contributed by atoms with Crippen molar-refractivity contribution in [1.82, 2.24) is 0 Å². The SMILES string of the molecule is COC(OC(C)=O)(C(N=O)c1cccc(Oc2ccc(C(F)(F)F)cc2Cl)c1)[N+](=O)[O-]. The van der Waals surface area contributed by atoms with Crippen molar-refractivity contribution in [1.29, 1.82) is 0 Å². The summed E-state index contributed by atoms with van der Waals surface area (Å²) in [5.74, 6) is -4.23. The molecule has 2 atom stereocenters. The van der Waals surface area contributed by atoms with Crippen molar-refractivity contribution < 1.29 is 37.1 Å². The lowest BCUT2D eigenvalue weighted by atomic mass is 10.0. The van der Waals surface area contributed by atoms with Crippen molar-refractivity contribution >= 4 is 17.6 Å². The Labute approximate surface area is 177 Å². The van der Waals surface area contributed by atoms with Gasteiger partial charge in [0, 0.05) is 14.0 Å². The predicted octanol–water partition coefficient (Wildman–Crippen LogP) is 5.10. The standard InChI is InChI=1S/C18H14ClF3N2O7/c1-10(25)31-18(29-2,24(27)28)16(23-26)11-4-3-5-13(8-11)30-15-7-6-12(9-14(15)19)17(20,21)22/h3-9,16H,1-2H3. The molecule has 0 bridgehead atoms. The van der Waals surface area contributed by atoms with Gasteiger partial charge in [0.15, 0.2) is 0 Å². The monoisotopic (exact) mass is 462 g/mol. The van der Waals surface area contributed by atoms with Crippen LogP contribution in [0.15, 0.2) is 47.6 Å². The maximum atomic E-state index is 12.8. The van der Waals surface area contributed by atoms with Crippen molar-refractivity contribution in [2.75, 3.05) is 7.11 Å². The summed E-state index contributed by atoms with van der Waals surface area (Å²) in [6.45, 7) is 0.880.